The van der Waals surface area contributed by atoms with E-state index in [9.17, 15) is 9.59 Å². The Morgan fingerprint density at radius 1 is 1.09 bits per heavy atom. The van der Waals surface area contributed by atoms with Crippen molar-refractivity contribution in [1.29, 1.82) is 0 Å². The van der Waals surface area contributed by atoms with E-state index in [1.165, 1.54) is 18.4 Å². The van der Waals surface area contributed by atoms with Crippen LogP contribution in [0.2, 0.25) is 0 Å². The van der Waals surface area contributed by atoms with E-state index in [0.29, 0.717) is 19.0 Å². The summed E-state index contributed by atoms with van der Waals surface area (Å²) in [5, 5.41) is 1.73. The van der Waals surface area contributed by atoms with Crippen LogP contribution in [-0.4, -0.2) is 34.3 Å². The van der Waals surface area contributed by atoms with Gasteiger partial charge in [-0.05, 0) is 93.2 Å². The summed E-state index contributed by atoms with van der Waals surface area (Å²) < 4.78 is 8.52. The number of fused-ring (bicyclic) bond motifs is 1. The second-order valence-electron chi connectivity index (χ2n) is 10.8. The molecule has 1 amide bonds. The summed E-state index contributed by atoms with van der Waals surface area (Å²) in [5.74, 6) is 0.670. The lowest BCUT2D eigenvalue weighted by atomic mass is 9.98. The number of ether oxygens (including phenoxy) is 1. The number of benzene rings is 2. The highest BCUT2D eigenvalue weighted by Gasteiger charge is 2.33. The first kappa shape index (κ1) is 24.1. The molecule has 6 heteroatoms. The van der Waals surface area contributed by atoms with Gasteiger partial charge in [0.05, 0.1) is 5.69 Å². The molecule has 2 aromatic carbocycles. The second-order valence-corrected chi connectivity index (χ2v) is 11.7. The summed E-state index contributed by atoms with van der Waals surface area (Å²) in [4.78, 5) is 28.6. The molecule has 1 atom stereocenters. The number of hydrogen-bond donors (Lipinski definition) is 0. The van der Waals surface area contributed by atoms with E-state index in [-0.39, 0.29) is 17.6 Å². The van der Waals surface area contributed by atoms with Gasteiger partial charge in [0.2, 0.25) is 0 Å². The second kappa shape index (κ2) is 9.12. The van der Waals surface area contributed by atoms with Crippen molar-refractivity contribution in [3.05, 3.63) is 74.1 Å². The largest absolute Gasteiger partial charge is 0.444 e. The number of likely N-dealkylation sites (tertiary alicyclic amines) is 1. The number of nitrogens with zero attached hydrogens (tertiary/aromatic N) is 2. The van der Waals surface area contributed by atoms with Gasteiger partial charge in [-0.2, -0.15) is 0 Å². The molecule has 1 aliphatic heterocycles. The molecular formula is C29H33BrN2O3. The third kappa shape index (κ3) is 4.77. The maximum atomic E-state index is 14.0. The standard InChI is InChI=1S/C29H33BrN2O3/c1-5-22-24(30)7-6-8-25(22)32-26(20-13-14-31(17-20)28(34)35-29(2,3)4)16-21-15-19(18-9-10-18)11-12-23(21)27(32)33/h6-8,11-12,15-16,18,20H,5,9-10,13-14,17H2,1-4H3. The van der Waals surface area contributed by atoms with Crippen molar-refractivity contribution in [1.82, 2.24) is 9.47 Å². The summed E-state index contributed by atoms with van der Waals surface area (Å²) in [5.41, 5.74) is 3.76. The highest BCUT2D eigenvalue weighted by Crippen LogP contribution is 2.41. The highest BCUT2D eigenvalue weighted by molar-refractivity contribution is 9.10. The van der Waals surface area contributed by atoms with Crippen molar-refractivity contribution in [2.24, 2.45) is 0 Å². The molecule has 0 spiro atoms. The molecule has 35 heavy (non-hydrogen) atoms. The predicted octanol–water partition coefficient (Wildman–Crippen LogP) is 6.92. The zero-order chi connectivity index (χ0) is 24.9. The minimum atomic E-state index is -0.536. The van der Waals surface area contributed by atoms with Crippen LogP contribution in [0.15, 0.2) is 51.7 Å². The molecule has 0 radical (unpaired) electrons. The van der Waals surface area contributed by atoms with Gasteiger partial charge in [-0.15, -0.1) is 0 Å². The van der Waals surface area contributed by atoms with E-state index < -0.39 is 5.60 Å². The van der Waals surface area contributed by atoms with E-state index in [1.807, 2.05) is 49.6 Å². The zero-order valence-corrected chi connectivity index (χ0v) is 22.5. The molecule has 2 fully saturated rings. The number of halogens is 1. The van der Waals surface area contributed by atoms with E-state index >= 15 is 0 Å². The molecule has 1 saturated carbocycles. The molecule has 1 aromatic heterocycles. The topological polar surface area (TPSA) is 51.5 Å². The van der Waals surface area contributed by atoms with E-state index in [0.717, 1.165) is 45.0 Å². The molecular weight excluding hydrogens is 504 g/mol. The van der Waals surface area contributed by atoms with E-state index in [1.54, 1.807) is 4.90 Å². The summed E-state index contributed by atoms with van der Waals surface area (Å²) >= 11 is 3.69. The fourth-order valence-corrected chi connectivity index (χ4v) is 5.81. The minimum absolute atomic E-state index is 0.00312. The number of rotatable bonds is 4. The Morgan fingerprint density at radius 3 is 2.54 bits per heavy atom. The van der Waals surface area contributed by atoms with E-state index in [4.69, 9.17) is 4.74 Å². The third-order valence-electron chi connectivity index (χ3n) is 7.07. The molecule has 0 bridgehead atoms. The van der Waals surface area contributed by atoms with Gasteiger partial charge in [0.15, 0.2) is 0 Å². The lowest BCUT2D eigenvalue weighted by molar-refractivity contribution is 0.0292. The average Bonchev–Trinajstić information content (AvgIpc) is 3.53. The first-order valence-corrected chi connectivity index (χ1v) is 13.4. The SMILES string of the molecule is CCc1c(Br)cccc1-n1c(C2CCN(C(=O)OC(C)(C)C)C2)cc2cc(C3CC3)ccc2c1=O. The Bertz CT molecular complexity index is 1350. The highest BCUT2D eigenvalue weighted by atomic mass is 79.9. The van der Waals surface area contributed by atoms with Crippen molar-refractivity contribution in [2.75, 3.05) is 13.1 Å². The Labute approximate surface area is 215 Å². The van der Waals surface area contributed by atoms with Crippen molar-refractivity contribution >= 4 is 32.8 Å². The van der Waals surface area contributed by atoms with Gasteiger partial charge in [0.1, 0.15) is 5.60 Å². The molecule has 184 valence electrons. The van der Waals surface area contributed by atoms with Crippen LogP contribution in [0.5, 0.6) is 0 Å². The maximum absolute atomic E-state index is 14.0. The average molecular weight is 537 g/mol. The maximum Gasteiger partial charge on any atom is 0.410 e. The first-order chi connectivity index (χ1) is 16.7. The van der Waals surface area contributed by atoms with Crippen LogP contribution in [0.1, 0.15) is 75.6 Å². The molecule has 1 saturated heterocycles. The fraction of sp³-hybridized carbons (Fsp3) is 0.448. The molecule has 0 N–H and O–H groups in total. The van der Waals surface area contributed by atoms with Gasteiger partial charge in [-0.1, -0.05) is 41.1 Å². The Hall–Kier alpha value is -2.60. The number of carbonyl (C=O) groups excluding carboxylic acids is 1. The van der Waals surface area contributed by atoms with Crippen LogP contribution in [0, 0.1) is 0 Å². The zero-order valence-electron chi connectivity index (χ0n) is 20.9. The van der Waals surface area contributed by atoms with Gasteiger partial charge in [0, 0.05) is 34.6 Å². The lowest BCUT2D eigenvalue weighted by Crippen LogP contribution is -2.35. The normalized spacial score (nSPS) is 18.3. The van der Waals surface area contributed by atoms with Crippen molar-refractivity contribution in [2.45, 2.75) is 70.8 Å². The number of pyridine rings is 1. The van der Waals surface area contributed by atoms with Gasteiger partial charge in [-0.3, -0.25) is 9.36 Å². The van der Waals surface area contributed by atoms with Crippen LogP contribution < -0.4 is 5.56 Å². The van der Waals surface area contributed by atoms with Gasteiger partial charge < -0.3 is 9.64 Å². The molecule has 5 rings (SSSR count). The van der Waals surface area contributed by atoms with Crippen LogP contribution in [0.4, 0.5) is 4.79 Å². The Kier molecular flexibility index (Phi) is 6.28. The lowest BCUT2D eigenvalue weighted by Gasteiger charge is -2.25. The number of carbonyl (C=O) groups is 1. The number of hydrogen-bond acceptors (Lipinski definition) is 3. The van der Waals surface area contributed by atoms with Crippen LogP contribution >= 0.6 is 15.9 Å². The van der Waals surface area contributed by atoms with Crippen molar-refractivity contribution in [3.63, 3.8) is 0 Å². The van der Waals surface area contributed by atoms with Crippen LogP contribution in [0.25, 0.3) is 16.5 Å². The first-order valence-electron chi connectivity index (χ1n) is 12.6. The smallest absolute Gasteiger partial charge is 0.410 e. The minimum Gasteiger partial charge on any atom is -0.444 e. The third-order valence-corrected chi connectivity index (χ3v) is 7.81. The van der Waals surface area contributed by atoms with Crippen LogP contribution in [-0.2, 0) is 11.2 Å². The molecule has 5 nitrogen and oxygen atoms in total. The summed E-state index contributed by atoms with van der Waals surface area (Å²) in [6.45, 7) is 8.92. The van der Waals surface area contributed by atoms with E-state index in [2.05, 4.69) is 41.1 Å². The fourth-order valence-electron chi connectivity index (χ4n) is 5.18. The van der Waals surface area contributed by atoms with Gasteiger partial charge >= 0.3 is 6.09 Å². The molecule has 3 aromatic rings. The van der Waals surface area contributed by atoms with Crippen molar-refractivity contribution in [3.8, 4) is 5.69 Å². The molecule has 1 unspecified atom stereocenters. The Morgan fingerprint density at radius 2 is 1.86 bits per heavy atom. The van der Waals surface area contributed by atoms with Crippen LogP contribution in [0.3, 0.4) is 0 Å². The summed E-state index contributed by atoms with van der Waals surface area (Å²) in [6.07, 6.45) is 3.75. The summed E-state index contributed by atoms with van der Waals surface area (Å²) in [6, 6.07) is 14.5. The number of amides is 1. The quantitative estimate of drug-likeness (QED) is 0.363. The molecule has 2 aliphatic rings. The van der Waals surface area contributed by atoms with Gasteiger partial charge in [-0.25, -0.2) is 4.79 Å². The summed E-state index contributed by atoms with van der Waals surface area (Å²) in [7, 11) is 0. The molecule has 1 aliphatic carbocycles. The number of aromatic nitrogens is 1. The molecule has 2 heterocycles. The Balaban J connectivity index is 1.64. The van der Waals surface area contributed by atoms with Gasteiger partial charge in [0.25, 0.3) is 5.56 Å². The van der Waals surface area contributed by atoms with Crippen molar-refractivity contribution < 1.29 is 9.53 Å². The predicted molar refractivity (Wildman–Crippen MR) is 144 cm³/mol. The monoisotopic (exact) mass is 536 g/mol.